The summed E-state index contributed by atoms with van der Waals surface area (Å²) in [5.74, 6) is 0.146. The van der Waals surface area contributed by atoms with Gasteiger partial charge < -0.3 is 5.32 Å². The van der Waals surface area contributed by atoms with Crippen LogP contribution in [0.3, 0.4) is 0 Å². The lowest BCUT2D eigenvalue weighted by Crippen LogP contribution is -2.34. The Kier molecular flexibility index (Phi) is 5.05. The van der Waals surface area contributed by atoms with E-state index in [4.69, 9.17) is 0 Å². The van der Waals surface area contributed by atoms with Gasteiger partial charge in [0.25, 0.3) is 0 Å². The van der Waals surface area contributed by atoms with Crippen molar-refractivity contribution >= 4 is 15.5 Å². The average Bonchev–Trinajstić information content (AvgIpc) is 2.93. The highest BCUT2D eigenvalue weighted by atomic mass is 32.2. The van der Waals surface area contributed by atoms with E-state index < -0.39 is 9.84 Å². The van der Waals surface area contributed by atoms with Crippen LogP contribution in [0.5, 0.6) is 0 Å². The second-order valence-corrected chi connectivity index (χ2v) is 7.51. The number of likely N-dealkylation sites (N-methyl/N-ethyl adjacent to an activating group) is 1. The summed E-state index contributed by atoms with van der Waals surface area (Å²) in [6.45, 7) is 7.08. The molecule has 1 aromatic carbocycles. The number of nitrogens with one attached hydrogen (secondary N) is 1. The number of anilines is 1. The quantitative estimate of drug-likeness (QED) is 0.875. The van der Waals surface area contributed by atoms with Crippen molar-refractivity contribution in [1.82, 2.24) is 4.90 Å². The molecule has 1 atom stereocenters. The molecule has 20 heavy (non-hydrogen) atoms. The van der Waals surface area contributed by atoms with Gasteiger partial charge in [0.1, 0.15) is 0 Å². The van der Waals surface area contributed by atoms with Crippen LogP contribution < -0.4 is 5.32 Å². The Morgan fingerprint density at radius 3 is 2.55 bits per heavy atom. The lowest BCUT2D eigenvalue weighted by Gasteiger charge is -2.23. The average molecular weight is 296 g/mol. The Balaban J connectivity index is 1.94. The summed E-state index contributed by atoms with van der Waals surface area (Å²) >= 11 is 0. The molecule has 1 fully saturated rings. The van der Waals surface area contributed by atoms with Crippen LogP contribution in [0.4, 0.5) is 5.69 Å². The molecule has 4 nitrogen and oxygen atoms in total. The molecule has 0 amide bonds. The third-order valence-corrected chi connectivity index (χ3v) is 5.79. The summed E-state index contributed by atoms with van der Waals surface area (Å²) < 4.78 is 23.5. The van der Waals surface area contributed by atoms with Gasteiger partial charge >= 0.3 is 0 Å². The molecule has 112 valence electrons. The zero-order chi connectivity index (χ0) is 14.6. The van der Waals surface area contributed by atoms with Crippen LogP contribution in [0.2, 0.25) is 0 Å². The number of hydrogen-bond donors (Lipinski definition) is 1. The van der Waals surface area contributed by atoms with Crippen molar-refractivity contribution in [2.75, 3.05) is 30.7 Å². The molecule has 0 spiro atoms. The minimum Gasteiger partial charge on any atom is -0.383 e. The van der Waals surface area contributed by atoms with E-state index in [1.165, 1.54) is 19.4 Å². The van der Waals surface area contributed by atoms with Crippen molar-refractivity contribution < 1.29 is 8.42 Å². The summed E-state index contributed by atoms with van der Waals surface area (Å²) in [6, 6.07) is 7.68. The Hall–Kier alpha value is -1.07. The maximum atomic E-state index is 11.7. The first-order valence-electron chi connectivity index (χ1n) is 7.37. The highest BCUT2D eigenvalue weighted by molar-refractivity contribution is 7.91. The first-order chi connectivity index (χ1) is 9.56. The Labute approximate surface area is 122 Å². The van der Waals surface area contributed by atoms with E-state index in [0.717, 1.165) is 18.8 Å². The first-order valence-corrected chi connectivity index (χ1v) is 9.02. The van der Waals surface area contributed by atoms with Gasteiger partial charge in [-0.15, -0.1) is 0 Å². The molecule has 0 aromatic heterocycles. The van der Waals surface area contributed by atoms with Crippen molar-refractivity contribution in [3.05, 3.63) is 24.3 Å². The molecule has 0 radical (unpaired) electrons. The van der Waals surface area contributed by atoms with Gasteiger partial charge in [-0.25, -0.2) is 8.42 Å². The van der Waals surface area contributed by atoms with Crippen molar-refractivity contribution in [1.29, 1.82) is 0 Å². The first kappa shape index (κ1) is 15.3. The number of nitrogens with zero attached hydrogens (tertiary/aromatic N) is 1. The van der Waals surface area contributed by atoms with Crippen LogP contribution in [0.15, 0.2) is 29.2 Å². The highest BCUT2D eigenvalue weighted by Crippen LogP contribution is 2.19. The molecule has 5 heteroatoms. The van der Waals surface area contributed by atoms with Gasteiger partial charge in [0.2, 0.25) is 0 Å². The smallest absolute Gasteiger partial charge is 0.178 e. The molecule has 2 rings (SSSR count). The second-order valence-electron chi connectivity index (χ2n) is 5.23. The van der Waals surface area contributed by atoms with E-state index in [0.29, 0.717) is 10.9 Å². The largest absolute Gasteiger partial charge is 0.383 e. The van der Waals surface area contributed by atoms with Gasteiger partial charge in [0.15, 0.2) is 9.84 Å². The van der Waals surface area contributed by atoms with Crippen LogP contribution in [-0.2, 0) is 9.84 Å². The number of rotatable bonds is 6. The fourth-order valence-corrected chi connectivity index (χ4v) is 3.61. The van der Waals surface area contributed by atoms with Crippen LogP contribution in [-0.4, -0.2) is 44.7 Å². The zero-order valence-corrected chi connectivity index (χ0v) is 13.1. The van der Waals surface area contributed by atoms with Gasteiger partial charge in [-0.2, -0.15) is 0 Å². The second kappa shape index (κ2) is 6.59. The minimum atomic E-state index is -3.09. The van der Waals surface area contributed by atoms with Crippen LogP contribution >= 0.6 is 0 Å². The van der Waals surface area contributed by atoms with E-state index in [1.54, 1.807) is 19.1 Å². The maximum absolute atomic E-state index is 11.7. The van der Waals surface area contributed by atoms with Crippen molar-refractivity contribution in [3.63, 3.8) is 0 Å². The van der Waals surface area contributed by atoms with E-state index in [1.807, 2.05) is 12.1 Å². The molecule has 0 aliphatic carbocycles. The molecule has 1 saturated heterocycles. The van der Waals surface area contributed by atoms with Crippen LogP contribution in [0.1, 0.15) is 26.7 Å². The Morgan fingerprint density at radius 1 is 1.25 bits per heavy atom. The lowest BCUT2D eigenvalue weighted by atomic mass is 10.2. The Bertz CT molecular complexity index is 525. The van der Waals surface area contributed by atoms with Gasteiger partial charge in [-0.3, -0.25) is 4.90 Å². The predicted octanol–water partition coefficient (Wildman–Crippen LogP) is 2.38. The summed E-state index contributed by atoms with van der Waals surface area (Å²) in [7, 11) is -3.09. The van der Waals surface area contributed by atoms with Gasteiger partial charge in [0, 0.05) is 18.3 Å². The van der Waals surface area contributed by atoms with Crippen molar-refractivity contribution in [3.8, 4) is 0 Å². The summed E-state index contributed by atoms with van der Waals surface area (Å²) in [4.78, 5) is 2.89. The molecular weight excluding hydrogens is 272 g/mol. The van der Waals surface area contributed by atoms with Gasteiger partial charge in [-0.1, -0.05) is 13.8 Å². The molecule has 0 bridgehead atoms. The standard InChI is InChI=1S/C15H24N2O2S/c1-3-17-11-5-6-14(17)12-16-13-7-9-15(10-8-13)20(18,19)4-2/h7-10,14,16H,3-6,11-12H2,1-2H3. The fraction of sp³-hybridized carbons (Fsp3) is 0.600. The number of sulfone groups is 1. The third kappa shape index (κ3) is 3.52. The molecular formula is C15H24N2O2S. The van der Waals surface area contributed by atoms with Crippen LogP contribution in [0.25, 0.3) is 0 Å². The molecule has 1 aromatic rings. The van der Waals surface area contributed by atoms with E-state index in [9.17, 15) is 8.42 Å². The van der Waals surface area contributed by atoms with Crippen molar-refractivity contribution in [2.45, 2.75) is 37.6 Å². The maximum Gasteiger partial charge on any atom is 0.178 e. The van der Waals surface area contributed by atoms with Gasteiger partial charge in [0.05, 0.1) is 10.6 Å². The van der Waals surface area contributed by atoms with Crippen molar-refractivity contribution in [2.24, 2.45) is 0 Å². The number of likely N-dealkylation sites (tertiary alicyclic amines) is 1. The monoisotopic (exact) mass is 296 g/mol. The Morgan fingerprint density at radius 2 is 1.95 bits per heavy atom. The summed E-state index contributed by atoms with van der Waals surface area (Å²) in [5, 5.41) is 3.41. The van der Waals surface area contributed by atoms with E-state index >= 15 is 0 Å². The van der Waals surface area contributed by atoms with Crippen LogP contribution in [0, 0.1) is 0 Å². The minimum absolute atomic E-state index is 0.146. The lowest BCUT2D eigenvalue weighted by molar-refractivity contribution is 0.277. The van der Waals surface area contributed by atoms with Gasteiger partial charge in [-0.05, 0) is 50.2 Å². The zero-order valence-electron chi connectivity index (χ0n) is 12.3. The molecule has 1 unspecified atom stereocenters. The topological polar surface area (TPSA) is 49.4 Å². The summed E-state index contributed by atoms with van der Waals surface area (Å²) in [5.41, 5.74) is 0.989. The SMILES string of the molecule is CCN1CCCC1CNc1ccc(S(=O)(=O)CC)cc1. The molecule has 1 aliphatic heterocycles. The predicted molar refractivity (Wildman–Crippen MR) is 82.9 cm³/mol. The molecule has 1 heterocycles. The normalized spacial score (nSPS) is 20.2. The van der Waals surface area contributed by atoms with E-state index in [2.05, 4.69) is 17.1 Å². The van der Waals surface area contributed by atoms with E-state index in [-0.39, 0.29) is 5.75 Å². The fourth-order valence-electron chi connectivity index (χ4n) is 2.73. The number of benzene rings is 1. The highest BCUT2D eigenvalue weighted by Gasteiger charge is 2.22. The summed E-state index contributed by atoms with van der Waals surface area (Å²) in [6.07, 6.45) is 2.51. The molecule has 1 aliphatic rings. The molecule has 1 N–H and O–H groups in total. The molecule has 0 saturated carbocycles. The third-order valence-electron chi connectivity index (χ3n) is 4.04. The number of hydrogen-bond acceptors (Lipinski definition) is 4.